The Hall–Kier alpha value is -1.55. The van der Waals surface area contributed by atoms with Gasteiger partial charge in [-0.15, -0.1) is 0 Å². The molecule has 116 valence electrons. The lowest BCUT2D eigenvalue weighted by Gasteiger charge is -2.40. The maximum Gasteiger partial charge on any atom is 0.251 e. The fourth-order valence-corrected chi connectivity index (χ4v) is 2.71. The summed E-state index contributed by atoms with van der Waals surface area (Å²) >= 11 is 0. The van der Waals surface area contributed by atoms with Crippen LogP contribution in [0, 0.1) is 12.3 Å². The molecule has 3 N–H and O–H groups in total. The topological polar surface area (TPSA) is 69.6 Å². The third-order valence-electron chi connectivity index (χ3n) is 4.57. The van der Waals surface area contributed by atoms with Crippen LogP contribution in [0.15, 0.2) is 18.2 Å². The van der Waals surface area contributed by atoms with E-state index in [0.29, 0.717) is 11.1 Å². The van der Waals surface area contributed by atoms with Crippen molar-refractivity contribution in [3.8, 4) is 5.75 Å². The first-order chi connectivity index (χ1) is 9.71. The summed E-state index contributed by atoms with van der Waals surface area (Å²) in [6, 6.07) is 4.76. The number of rotatable bonds is 3. The summed E-state index contributed by atoms with van der Waals surface area (Å²) in [7, 11) is 0. The summed E-state index contributed by atoms with van der Waals surface area (Å²) in [6.45, 7) is 6.46. The second kappa shape index (κ2) is 5.68. The van der Waals surface area contributed by atoms with Crippen LogP contribution in [0.3, 0.4) is 0 Å². The van der Waals surface area contributed by atoms with E-state index < -0.39 is 5.60 Å². The van der Waals surface area contributed by atoms with Gasteiger partial charge in [-0.3, -0.25) is 4.79 Å². The molecule has 0 radical (unpaired) electrons. The lowest BCUT2D eigenvalue weighted by Crippen LogP contribution is -2.46. The van der Waals surface area contributed by atoms with Gasteiger partial charge in [0.1, 0.15) is 5.75 Å². The predicted octanol–water partition coefficient (Wildman–Crippen LogP) is 2.76. The molecule has 0 atom stereocenters. The average molecular weight is 291 g/mol. The average Bonchev–Trinajstić information content (AvgIpc) is 2.43. The Morgan fingerprint density at radius 1 is 1.24 bits per heavy atom. The zero-order valence-corrected chi connectivity index (χ0v) is 13.1. The van der Waals surface area contributed by atoms with Gasteiger partial charge in [0.25, 0.3) is 5.91 Å². The van der Waals surface area contributed by atoms with Gasteiger partial charge in [0.05, 0.1) is 5.60 Å². The summed E-state index contributed by atoms with van der Waals surface area (Å²) in [6.07, 6.45) is 3.37. The molecular formula is C17H25NO3. The van der Waals surface area contributed by atoms with E-state index in [1.54, 1.807) is 19.1 Å². The summed E-state index contributed by atoms with van der Waals surface area (Å²) in [5.41, 5.74) is 0.660. The normalized spacial score (nSPS) is 20.0. The summed E-state index contributed by atoms with van der Waals surface area (Å²) in [5, 5.41) is 22.8. The van der Waals surface area contributed by atoms with E-state index in [2.05, 4.69) is 19.2 Å². The number of phenolic OH excluding ortho intramolecular Hbond substituents is 1. The molecule has 4 heteroatoms. The summed E-state index contributed by atoms with van der Waals surface area (Å²) in [5.74, 6) is -0.0314. The van der Waals surface area contributed by atoms with E-state index in [9.17, 15) is 15.0 Å². The zero-order valence-electron chi connectivity index (χ0n) is 13.1. The monoisotopic (exact) mass is 291 g/mol. The van der Waals surface area contributed by atoms with Crippen molar-refractivity contribution >= 4 is 5.91 Å². The molecule has 1 aromatic carbocycles. The maximum atomic E-state index is 12.1. The first-order valence-corrected chi connectivity index (χ1v) is 7.51. The predicted molar refractivity (Wildman–Crippen MR) is 82.4 cm³/mol. The molecule has 1 aliphatic rings. The Morgan fingerprint density at radius 2 is 1.86 bits per heavy atom. The van der Waals surface area contributed by atoms with E-state index in [-0.39, 0.29) is 23.6 Å². The number of phenols is 1. The minimum absolute atomic E-state index is 0.180. The van der Waals surface area contributed by atoms with Crippen LogP contribution in [-0.2, 0) is 0 Å². The van der Waals surface area contributed by atoms with Crippen molar-refractivity contribution < 1.29 is 15.0 Å². The van der Waals surface area contributed by atoms with Gasteiger partial charge in [0.2, 0.25) is 0 Å². The van der Waals surface area contributed by atoms with E-state index >= 15 is 0 Å². The van der Waals surface area contributed by atoms with Gasteiger partial charge in [0, 0.05) is 12.1 Å². The molecule has 0 aromatic heterocycles. The van der Waals surface area contributed by atoms with Crippen LogP contribution < -0.4 is 5.32 Å². The van der Waals surface area contributed by atoms with E-state index in [4.69, 9.17) is 0 Å². The minimum atomic E-state index is -0.795. The number of carbonyl (C=O) groups excluding carboxylic acids is 1. The number of aryl methyl sites for hydroxylation is 1. The third kappa shape index (κ3) is 3.97. The minimum Gasteiger partial charge on any atom is -0.508 e. The molecule has 4 nitrogen and oxygen atoms in total. The van der Waals surface area contributed by atoms with Crippen LogP contribution in [0.25, 0.3) is 0 Å². The molecule has 0 heterocycles. The number of nitrogens with one attached hydrogen (secondary N) is 1. The first-order valence-electron chi connectivity index (χ1n) is 7.51. The Kier molecular flexibility index (Phi) is 4.28. The Balaban J connectivity index is 1.93. The molecule has 1 aliphatic carbocycles. The molecule has 2 rings (SSSR count). The van der Waals surface area contributed by atoms with Crippen molar-refractivity contribution in [2.75, 3.05) is 6.54 Å². The Labute approximate surface area is 126 Å². The van der Waals surface area contributed by atoms with Gasteiger partial charge in [-0.25, -0.2) is 0 Å². The molecule has 1 aromatic rings. The third-order valence-corrected chi connectivity index (χ3v) is 4.57. The molecular weight excluding hydrogens is 266 g/mol. The SMILES string of the molecule is Cc1cc(C(=O)NCC2(O)CCC(C)(C)CC2)ccc1O. The van der Waals surface area contributed by atoms with Crippen molar-refractivity contribution in [2.45, 2.75) is 52.1 Å². The van der Waals surface area contributed by atoms with E-state index in [1.165, 1.54) is 6.07 Å². The molecule has 0 bridgehead atoms. The van der Waals surface area contributed by atoms with Crippen LogP contribution in [-0.4, -0.2) is 28.3 Å². The smallest absolute Gasteiger partial charge is 0.251 e. The number of aliphatic hydroxyl groups is 1. The number of hydrogen-bond acceptors (Lipinski definition) is 3. The maximum absolute atomic E-state index is 12.1. The zero-order chi connectivity index (χ0) is 15.7. The molecule has 0 saturated heterocycles. The van der Waals surface area contributed by atoms with Crippen molar-refractivity contribution in [2.24, 2.45) is 5.41 Å². The number of carbonyl (C=O) groups is 1. The number of benzene rings is 1. The number of amides is 1. The van der Waals surface area contributed by atoms with Gasteiger partial charge in [-0.1, -0.05) is 13.8 Å². The molecule has 0 aliphatic heterocycles. The van der Waals surface area contributed by atoms with Crippen LogP contribution in [0.5, 0.6) is 5.75 Å². The number of aromatic hydroxyl groups is 1. The molecule has 0 unspecified atom stereocenters. The van der Waals surface area contributed by atoms with Gasteiger partial charge >= 0.3 is 0 Å². The van der Waals surface area contributed by atoms with Crippen LogP contribution in [0.2, 0.25) is 0 Å². The van der Waals surface area contributed by atoms with E-state index in [1.807, 2.05) is 0 Å². The van der Waals surface area contributed by atoms with Crippen LogP contribution >= 0.6 is 0 Å². The Morgan fingerprint density at radius 3 is 2.43 bits per heavy atom. The van der Waals surface area contributed by atoms with Crippen molar-refractivity contribution in [3.63, 3.8) is 0 Å². The molecule has 21 heavy (non-hydrogen) atoms. The molecule has 0 spiro atoms. The second-order valence-electron chi connectivity index (χ2n) is 7.07. The lowest BCUT2D eigenvalue weighted by atomic mass is 9.71. The molecule has 1 fully saturated rings. The van der Waals surface area contributed by atoms with Gasteiger partial charge in [0.15, 0.2) is 0 Å². The highest BCUT2D eigenvalue weighted by atomic mass is 16.3. The molecule has 1 saturated carbocycles. The summed E-state index contributed by atoms with van der Waals surface area (Å²) < 4.78 is 0. The van der Waals surface area contributed by atoms with Gasteiger partial charge in [-0.05, 0) is 61.8 Å². The Bertz CT molecular complexity index is 527. The number of hydrogen-bond donors (Lipinski definition) is 3. The highest BCUT2D eigenvalue weighted by Crippen LogP contribution is 2.39. The molecule has 1 amide bonds. The summed E-state index contributed by atoms with van der Waals surface area (Å²) in [4.78, 5) is 12.1. The highest BCUT2D eigenvalue weighted by molar-refractivity contribution is 5.94. The quantitative estimate of drug-likeness (QED) is 0.802. The van der Waals surface area contributed by atoms with Crippen LogP contribution in [0.1, 0.15) is 55.5 Å². The first kappa shape index (κ1) is 15.8. The second-order valence-corrected chi connectivity index (χ2v) is 7.07. The standard InChI is InChI=1S/C17H25NO3/c1-12-10-13(4-5-14(12)19)15(20)18-11-17(21)8-6-16(2,3)7-9-17/h4-5,10,19,21H,6-9,11H2,1-3H3,(H,18,20). The van der Waals surface area contributed by atoms with Gasteiger partial charge < -0.3 is 15.5 Å². The highest BCUT2D eigenvalue weighted by Gasteiger charge is 2.36. The van der Waals surface area contributed by atoms with E-state index in [0.717, 1.165) is 25.7 Å². The van der Waals surface area contributed by atoms with Crippen LogP contribution in [0.4, 0.5) is 0 Å². The lowest BCUT2D eigenvalue weighted by molar-refractivity contribution is -0.0233. The fraction of sp³-hybridized carbons (Fsp3) is 0.588. The van der Waals surface area contributed by atoms with Crippen molar-refractivity contribution in [1.82, 2.24) is 5.32 Å². The largest absolute Gasteiger partial charge is 0.508 e. The van der Waals surface area contributed by atoms with Gasteiger partial charge in [-0.2, -0.15) is 0 Å². The van der Waals surface area contributed by atoms with Crippen molar-refractivity contribution in [3.05, 3.63) is 29.3 Å². The fourth-order valence-electron chi connectivity index (χ4n) is 2.71. The van der Waals surface area contributed by atoms with Crippen molar-refractivity contribution in [1.29, 1.82) is 0 Å².